The number of rotatable bonds is 6. The molecule has 5 heteroatoms. The van der Waals surface area contributed by atoms with Crippen molar-refractivity contribution in [1.29, 1.82) is 0 Å². The third kappa shape index (κ3) is 4.20. The highest BCUT2D eigenvalue weighted by Gasteiger charge is 2.21. The molecule has 0 aliphatic heterocycles. The van der Waals surface area contributed by atoms with Gasteiger partial charge in [0.1, 0.15) is 0 Å². The highest BCUT2D eigenvalue weighted by Crippen LogP contribution is 2.24. The Kier molecular flexibility index (Phi) is 5.63. The second-order valence-electron chi connectivity index (χ2n) is 5.41. The lowest BCUT2D eigenvalue weighted by atomic mass is 10.1. The molecule has 0 spiro atoms. The summed E-state index contributed by atoms with van der Waals surface area (Å²) in [5.74, 6) is 0.684. The second-order valence-corrected chi connectivity index (χ2v) is 5.41. The molecule has 1 N–H and O–H groups in total. The van der Waals surface area contributed by atoms with Crippen LogP contribution in [0.1, 0.15) is 57.8 Å². The predicted molar refractivity (Wildman–Crippen MR) is 76.2 cm³/mol. The fourth-order valence-corrected chi connectivity index (χ4v) is 2.63. The van der Waals surface area contributed by atoms with Crippen molar-refractivity contribution in [2.75, 3.05) is 18.5 Å². The van der Waals surface area contributed by atoms with E-state index in [1.807, 2.05) is 0 Å². The van der Waals surface area contributed by atoms with Crippen LogP contribution in [0, 0.1) is 0 Å². The summed E-state index contributed by atoms with van der Waals surface area (Å²) in [5, 5.41) is 11.6. The van der Waals surface area contributed by atoms with Gasteiger partial charge in [0.05, 0.1) is 6.54 Å². The minimum Gasteiger partial charge on any atom is -0.407 e. The first kappa shape index (κ1) is 14.3. The molecule has 1 saturated carbocycles. The summed E-state index contributed by atoms with van der Waals surface area (Å²) in [6, 6.07) is 1.22. The zero-order valence-electron chi connectivity index (χ0n) is 12.2. The molecule has 1 heterocycles. The predicted octanol–water partition coefficient (Wildman–Crippen LogP) is 2.73. The van der Waals surface area contributed by atoms with Crippen LogP contribution in [0.2, 0.25) is 0 Å². The number of nitrogens with zero attached hydrogens (tertiary/aromatic N) is 3. The molecule has 108 valence electrons. The van der Waals surface area contributed by atoms with Gasteiger partial charge in [-0.05, 0) is 25.8 Å². The van der Waals surface area contributed by atoms with Gasteiger partial charge < -0.3 is 14.6 Å². The number of aromatic nitrogens is 2. The first-order valence-electron chi connectivity index (χ1n) is 7.57. The maximum Gasteiger partial charge on any atom is 0.318 e. The van der Waals surface area contributed by atoms with Gasteiger partial charge in [-0.3, -0.25) is 0 Å². The Bertz CT molecular complexity index is 358. The number of nitrogens with one attached hydrogen (secondary N) is 1. The first-order valence-corrected chi connectivity index (χ1v) is 7.57. The van der Waals surface area contributed by atoms with Crippen LogP contribution in [0.3, 0.4) is 0 Å². The molecule has 1 aliphatic carbocycles. The lowest BCUT2D eigenvalue weighted by Gasteiger charge is -2.24. The molecule has 0 unspecified atom stereocenters. The maximum absolute atomic E-state index is 5.73. The van der Waals surface area contributed by atoms with Crippen molar-refractivity contribution >= 4 is 6.01 Å². The van der Waals surface area contributed by atoms with E-state index in [1.165, 1.54) is 38.5 Å². The fourth-order valence-electron chi connectivity index (χ4n) is 2.63. The molecular formula is C14H26N4O. The van der Waals surface area contributed by atoms with Crippen LogP contribution in [0.4, 0.5) is 6.01 Å². The van der Waals surface area contributed by atoms with Crippen LogP contribution in [-0.2, 0) is 6.54 Å². The smallest absolute Gasteiger partial charge is 0.318 e. The molecule has 0 amide bonds. The van der Waals surface area contributed by atoms with Gasteiger partial charge in [0.25, 0.3) is 0 Å². The van der Waals surface area contributed by atoms with Crippen LogP contribution in [0.25, 0.3) is 0 Å². The molecule has 0 atom stereocenters. The van der Waals surface area contributed by atoms with E-state index >= 15 is 0 Å². The summed E-state index contributed by atoms with van der Waals surface area (Å²) in [5.41, 5.74) is 0. The summed E-state index contributed by atoms with van der Waals surface area (Å²) in [6.07, 6.45) is 8.94. The Morgan fingerprint density at radius 3 is 2.63 bits per heavy atom. The molecule has 1 aromatic heterocycles. The van der Waals surface area contributed by atoms with Crippen molar-refractivity contribution in [3.63, 3.8) is 0 Å². The minimum atomic E-state index is 0.555. The molecule has 0 bridgehead atoms. The Labute approximate surface area is 115 Å². The zero-order valence-corrected chi connectivity index (χ0v) is 12.2. The van der Waals surface area contributed by atoms with Gasteiger partial charge in [-0.25, -0.2) is 0 Å². The van der Waals surface area contributed by atoms with Gasteiger partial charge in [0.2, 0.25) is 5.89 Å². The highest BCUT2D eigenvalue weighted by atomic mass is 16.4. The van der Waals surface area contributed by atoms with Crippen molar-refractivity contribution in [2.24, 2.45) is 0 Å². The average Bonchev–Trinajstić information content (AvgIpc) is 2.72. The van der Waals surface area contributed by atoms with E-state index in [2.05, 4.69) is 34.4 Å². The number of anilines is 1. The van der Waals surface area contributed by atoms with Crippen molar-refractivity contribution in [2.45, 2.75) is 64.5 Å². The Hall–Kier alpha value is -1.10. The van der Waals surface area contributed by atoms with Crippen molar-refractivity contribution < 1.29 is 4.42 Å². The molecule has 0 saturated heterocycles. The van der Waals surface area contributed by atoms with E-state index in [4.69, 9.17) is 4.42 Å². The molecule has 1 fully saturated rings. The monoisotopic (exact) mass is 266 g/mol. The largest absolute Gasteiger partial charge is 0.407 e. The topological polar surface area (TPSA) is 54.2 Å². The van der Waals surface area contributed by atoms with Crippen molar-refractivity contribution in [3.05, 3.63) is 5.89 Å². The maximum atomic E-state index is 5.73. The van der Waals surface area contributed by atoms with E-state index in [9.17, 15) is 0 Å². The molecular weight excluding hydrogens is 240 g/mol. The van der Waals surface area contributed by atoms with Gasteiger partial charge in [-0.15, -0.1) is 5.10 Å². The van der Waals surface area contributed by atoms with Crippen LogP contribution in [0.5, 0.6) is 0 Å². The average molecular weight is 266 g/mol. The molecule has 2 rings (SSSR count). The van der Waals surface area contributed by atoms with Gasteiger partial charge in [-0.1, -0.05) is 37.7 Å². The van der Waals surface area contributed by atoms with Crippen molar-refractivity contribution in [1.82, 2.24) is 15.5 Å². The second kappa shape index (κ2) is 7.48. The normalized spacial score (nSPS) is 17.4. The van der Waals surface area contributed by atoms with Crippen LogP contribution in [-0.4, -0.2) is 29.8 Å². The van der Waals surface area contributed by atoms with Gasteiger partial charge in [0, 0.05) is 13.1 Å². The van der Waals surface area contributed by atoms with Crippen LogP contribution >= 0.6 is 0 Å². The van der Waals surface area contributed by atoms with Gasteiger partial charge in [-0.2, -0.15) is 0 Å². The van der Waals surface area contributed by atoms with E-state index < -0.39 is 0 Å². The number of hydrogen-bond donors (Lipinski definition) is 1. The summed E-state index contributed by atoms with van der Waals surface area (Å²) in [7, 11) is 2.08. The molecule has 5 nitrogen and oxygen atoms in total. The number of hydrogen-bond acceptors (Lipinski definition) is 5. The zero-order chi connectivity index (χ0) is 13.5. The standard InChI is InChI=1S/C14H26N4O/c1-3-10-15-11-13-16-17-14(19-13)18(2)12-8-6-4-5-7-9-12/h12,15H,3-11H2,1-2H3. The SMILES string of the molecule is CCCNCc1nnc(N(C)C2CCCCCC2)o1. The quantitative estimate of drug-likeness (QED) is 0.634. The van der Waals surface area contributed by atoms with E-state index in [1.54, 1.807) is 0 Å². The Morgan fingerprint density at radius 2 is 1.95 bits per heavy atom. The lowest BCUT2D eigenvalue weighted by molar-refractivity contribution is 0.442. The Balaban J connectivity index is 1.89. The van der Waals surface area contributed by atoms with Gasteiger partial charge in [0.15, 0.2) is 0 Å². The van der Waals surface area contributed by atoms with Crippen LogP contribution < -0.4 is 10.2 Å². The fraction of sp³-hybridized carbons (Fsp3) is 0.857. The summed E-state index contributed by atoms with van der Waals surface area (Å²) in [4.78, 5) is 2.17. The summed E-state index contributed by atoms with van der Waals surface area (Å²) < 4.78 is 5.73. The minimum absolute atomic E-state index is 0.555. The molecule has 19 heavy (non-hydrogen) atoms. The molecule has 1 aliphatic rings. The Morgan fingerprint density at radius 1 is 1.21 bits per heavy atom. The summed E-state index contributed by atoms with van der Waals surface area (Å²) >= 11 is 0. The molecule has 0 radical (unpaired) electrons. The first-order chi connectivity index (χ1) is 9.31. The van der Waals surface area contributed by atoms with E-state index in [0.717, 1.165) is 13.0 Å². The molecule has 1 aromatic rings. The third-order valence-corrected chi connectivity index (χ3v) is 3.83. The third-order valence-electron chi connectivity index (χ3n) is 3.83. The lowest BCUT2D eigenvalue weighted by Crippen LogP contribution is -2.31. The van der Waals surface area contributed by atoms with E-state index in [0.29, 0.717) is 24.5 Å². The van der Waals surface area contributed by atoms with Gasteiger partial charge >= 0.3 is 6.01 Å². The van der Waals surface area contributed by atoms with Crippen LogP contribution in [0.15, 0.2) is 4.42 Å². The van der Waals surface area contributed by atoms with E-state index in [-0.39, 0.29) is 0 Å². The highest BCUT2D eigenvalue weighted by molar-refractivity contribution is 5.24. The summed E-state index contributed by atoms with van der Waals surface area (Å²) in [6.45, 7) is 3.79. The van der Waals surface area contributed by atoms with Crippen molar-refractivity contribution in [3.8, 4) is 0 Å². The molecule has 0 aromatic carbocycles.